The molecule has 2 aromatic rings. The molecule has 0 spiro atoms. The number of oxazole rings is 1. The molecule has 2 aliphatic rings. The summed E-state index contributed by atoms with van der Waals surface area (Å²) in [5.74, 6) is 0.859. The number of hydrogen-bond acceptors (Lipinski definition) is 5. The molecule has 1 fully saturated rings. The first kappa shape index (κ1) is 16.1. The van der Waals surface area contributed by atoms with Crippen LogP contribution in [-0.4, -0.2) is 56.1 Å². The van der Waals surface area contributed by atoms with Crippen LogP contribution in [0, 0.1) is 0 Å². The highest BCUT2D eigenvalue weighted by Gasteiger charge is 2.42. The number of carbonyl (C=O) groups excluding carboxylic acids is 1. The van der Waals surface area contributed by atoms with Crippen LogP contribution >= 0.6 is 0 Å². The average molecular weight is 340 g/mol. The largest absolute Gasteiger partial charge is 0.423 e. The molecule has 6 nitrogen and oxygen atoms in total. The quantitative estimate of drug-likeness (QED) is 0.840. The molecule has 0 atom stereocenters. The van der Waals surface area contributed by atoms with Gasteiger partial charge in [-0.3, -0.25) is 4.79 Å². The van der Waals surface area contributed by atoms with Crippen LogP contribution in [0.1, 0.15) is 19.4 Å². The van der Waals surface area contributed by atoms with E-state index in [1.165, 1.54) is 0 Å². The Bertz CT molecular complexity index is 819. The lowest BCUT2D eigenvalue weighted by atomic mass is 9.86. The molecule has 1 aromatic heterocycles. The number of aromatic nitrogens is 1. The number of rotatable bonds is 2. The molecule has 0 unspecified atom stereocenters. The zero-order valence-electron chi connectivity index (χ0n) is 15.2. The Morgan fingerprint density at radius 1 is 1.12 bits per heavy atom. The molecule has 132 valence electrons. The van der Waals surface area contributed by atoms with E-state index < -0.39 is 5.41 Å². The van der Waals surface area contributed by atoms with Gasteiger partial charge in [0, 0.05) is 44.5 Å². The zero-order valence-corrected chi connectivity index (χ0v) is 15.2. The van der Waals surface area contributed by atoms with Crippen molar-refractivity contribution in [2.75, 3.05) is 50.1 Å². The molecule has 1 amide bonds. The average Bonchev–Trinajstić information content (AvgIpc) is 3.15. The molecule has 0 saturated carbocycles. The van der Waals surface area contributed by atoms with Gasteiger partial charge >= 0.3 is 0 Å². The lowest BCUT2D eigenvalue weighted by molar-refractivity contribution is -0.121. The molecule has 0 bridgehead atoms. The molecule has 3 heterocycles. The Morgan fingerprint density at radius 2 is 1.84 bits per heavy atom. The number of anilines is 2. The minimum atomic E-state index is -0.477. The predicted molar refractivity (Wildman–Crippen MR) is 98.1 cm³/mol. The van der Waals surface area contributed by atoms with Crippen molar-refractivity contribution in [1.29, 1.82) is 0 Å². The monoisotopic (exact) mass is 340 g/mol. The van der Waals surface area contributed by atoms with E-state index in [1.54, 1.807) is 11.1 Å². The van der Waals surface area contributed by atoms with Crippen molar-refractivity contribution in [3.8, 4) is 11.3 Å². The van der Waals surface area contributed by atoms with Crippen LogP contribution in [0.15, 0.2) is 28.8 Å². The van der Waals surface area contributed by atoms with Gasteiger partial charge in [0.2, 0.25) is 5.91 Å². The van der Waals surface area contributed by atoms with Crippen LogP contribution in [-0.2, 0) is 10.2 Å². The molecule has 0 radical (unpaired) electrons. The minimum Gasteiger partial charge on any atom is -0.423 e. The van der Waals surface area contributed by atoms with Gasteiger partial charge in [-0.25, -0.2) is 4.98 Å². The molecule has 25 heavy (non-hydrogen) atoms. The lowest BCUT2D eigenvalue weighted by Gasteiger charge is -2.31. The second-order valence-corrected chi connectivity index (χ2v) is 7.52. The number of nitrogens with zero attached hydrogens (tertiary/aromatic N) is 4. The molecule has 0 N–H and O–H groups in total. The third-order valence-electron chi connectivity index (χ3n) is 5.42. The van der Waals surface area contributed by atoms with Crippen LogP contribution in [0.5, 0.6) is 0 Å². The Balaban J connectivity index is 1.63. The molecular weight excluding hydrogens is 316 g/mol. The maximum atomic E-state index is 12.4. The summed E-state index contributed by atoms with van der Waals surface area (Å²) in [6.45, 7) is 7.81. The molecule has 1 aromatic carbocycles. The van der Waals surface area contributed by atoms with Crippen LogP contribution in [0.2, 0.25) is 0 Å². The second kappa shape index (κ2) is 5.59. The highest BCUT2D eigenvalue weighted by Crippen LogP contribution is 2.42. The summed E-state index contributed by atoms with van der Waals surface area (Å²) >= 11 is 0. The summed E-state index contributed by atoms with van der Waals surface area (Å²) in [5.41, 5.74) is 2.48. The summed E-state index contributed by atoms with van der Waals surface area (Å²) in [7, 11) is 3.96. The van der Waals surface area contributed by atoms with Crippen LogP contribution in [0.25, 0.3) is 11.3 Å². The van der Waals surface area contributed by atoms with E-state index in [2.05, 4.69) is 21.8 Å². The zero-order chi connectivity index (χ0) is 17.8. The molecule has 4 rings (SSSR count). The molecule has 1 saturated heterocycles. The van der Waals surface area contributed by atoms with Crippen molar-refractivity contribution in [2.45, 2.75) is 19.3 Å². The number of fused-ring (bicyclic) bond motifs is 1. The maximum Gasteiger partial charge on any atom is 0.297 e. The summed E-state index contributed by atoms with van der Waals surface area (Å²) < 4.78 is 6.01. The Labute approximate surface area is 148 Å². The Kier molecular flexibility index (Phi) is 3.61. The fourth-order valence-electron chi connectivity index (χ4n) is 3.68. The first-order valence-electron chi connectivity index (χ1n) is 8.70. The smallest absolute Gasteiger partial charge is 0.297 e. The van der Waals surface area contributed by atoms with Crippen LogP contribution in [0.4, 0.5) is 11.7 Å². The highest BCUT2D eigenvalue weighted by molar-refractivity contribution is 6.07. The fraction of sp³-hybridized carbons (Fsp3) is 0.474. The molecular formula is C19H24N4O2. The van der Waals surface area contributed by atoms with Gasteiger partial charge in [-0.05, 0) is 32.5 Å². The van der Waals surface area contributed by atoms with Crippen LogP contribution < -0.4 is 9.80 Å². The number of likely N-dealkylation sites (N-methyl/N-ethyl adjacent to an activating group) is 2. The molecule has 6 heteroatoms. The van der Waals surface area contributed by atoms with Crippen molar-refractivity contribution >= 4 is 17.6 Å². The van der Waals surface area contributed by atoms with E-state index in [-0.39, 0.29) is 5.91 Å². The SMILES string of the molecule is CN1CCN(c2ncc(-c3ccc4c(c3)N(C)C(=O)C4(C)C)o2)CC1. The van der Waals surface area contributed by atoms with Crippen molar-refractivity contribution in [1.82, 2.24) is 9.88 Å². The number of amides is 1. The van der Waals surface area contributed by atoms with E-state index >= 15 is 0 Å². The standard InChI is InChI=1S/C19H24N4O2/c1-19(2)14-6-5-13(11-15(14)22(4)17(19)24)16-12-20-18(25-16)23-9-7-21(3)8-10-23/h5-6,11-12H,7-10H2,1-4H3. The number of piperazine rings is 1. The number of benzene rings is 1. The fourth-order valence-corrected chi connectivity index (χ4v) is 3.68. The lowest BCUT2D eigenvalue weighted by Crippen LogP contribution is -2.44. The summed E-state index contributed by atoms with van der Waals surface area (Å²) in [6.07, 6.45) is 1.78. The van der Waals surface area contributed by atoms with Gasteiger partial charge < -0.3 is 19.1 Å². The van der Waals surface area contributed by atoms with Gasteiger partial charge in [0.1, 0.15) is 0 Å². The van der Waals surface area contributed by atoms with Crippen molar-refractivity contribution in [3.05, 3.63) is 30.0 Å². The molecule has 2 aliphatic heterocycles. The van der Waals surface area contributed by atoms with Gasteiger partial charge in [-0.1, -0.05) is 12.1 Å². The maximum absolute atomic E-state index is 12.4. The van der Waals surface area contributed by atoms with E-state index in [0.717, 1.165) is 48.8 Å². The number of carbonyl (C=O) groups is 1. The summed E-state index contributed by atoms with van der Waals surface area (Å²) in [5, 5.41) is 0. The van der Waals surface area contributed by atoms with Crippen molar-refractivity contribution < 1.29 is 9.21 Å². The predicted octanol–water partition coefficient (Wildman–Crippen LogP) is 2.35. The van der Waals surface area contributed by atoms with E-state index in [9.17, 15) is 4.79 Å². The Morgan fingerprint density at radius 3 is 2.56 bits per heavy atom. The van der Waals surface area contributed by atoms with Gasteiger partial charge in [0.05, 0.1) is 11.6 Å². The van der Waals surface area contributed by atoms with Crippen molar-refractivity contribution in [3.63, 3.8) is 0 Å². The van der Waals surface area contributed by atoms with Gasteiger partial charge in [-0.2, -0.15) is 0 Å². The van der Waals surface area contributed by atoms with E-state index in [0.29, 0.717) is 6.01 Å². The minimum absolute atomic E-state index is 0.121. The number of hydrogen-bond donors (Lipinski definition) is 0. The molecule has 0 aliphatic carbocycles. The first-order chi connectivity index (χ1) is 11.9. The van der Waals surface area contributed by atoms with E-state index in [1.807, 2.05) is 39.1 Å². The van der Waals surface area contributed by atoms with Gasteiger partial charge in [-0.15, -0.1) is 0 Å². The summed E-state index contributed by atoms with van der Waals surface area (Å²) in [4.78, 5) is 23.1. The van der Waals surface area contributed by atoms with Crippen LogP contribution in [0.3, 0.4) is 0 Å². The third kappa shape index (κ3) is 2.52. The first-order valence-corrected chi connectivity index (χ1v) is 8.70. The third-order valence-corrected chi connectivity index (χ3v) is 5.42. The second-order valence-electron chi connectivity index (χ2n) is 7.52. The summed E-state index contributed by atoms with van der Waals surface area (Å²) in [6, 6.07) is 6.75. The van der Waals surface area contributed by atoms with Gasteiger partial charge in [0.25, 0.3) is 6.01 Å². The van der Waals surface area contributed by atoms with Gasteiger partial charge in [0.15, 0.2) is 5.76 Å². The Hall–Kier alpha value is -2.34. The highest BCUT2D eigenvalue weighted by atomic mass is 16.4. The van der Waals surface area contributed by atoms with E-state index in [4.69, 9.17) is 4.42 Å². The normalized spacial score (nSPS) is 20.2. The van der Waals surface area contributed by atoms with Crippen molar-refractivity contribution in [2.24, 2.45) is 0 Å². The topological polar surface area (TPSA) is 52.8 Å².